The molecule has 0 bridgehead atoms. The molecule has 0 fully saturated rings. The molecule has 0 saturated carbocycles. The quantitative estimate of drug-likeness (QED) is 0.621. The van der Waals surface area contributed by atoms with Crippen molar-refractivity contribution in [1.82, 2.24) is 0 Å². The molecule has 0 radical (unpaired) electrons. The highest BCUT2D eigenvalue weighted by Crippen LogP contribution is 2.31. The molecule has 0 heteroatoms. The highest BCUT2D eigenvalue weighted by atomic mass is 14.1. The van der Waals surface area contributed by atoms with E-state index in [1.807, 2.05) is 12.2 Å². The second-order valence-corrected chi connectivity index (χ2v) is 2.81. The average Bonchev–Trinajstić information content (AvgIpc) is 2.05. The lowest BCUT2D eigenvalue weighted by molar-refractivity contribution is 1.51. The van der Waals surface area contributed by atoms with Gasteiger partial charge >= 0.3 is 0 Å². The monoisotopic (exact) mass is 154 g/mol. The van der Waals surface area contributed by atoms with Crippen molar-refractivity contribution >= 4 is 24.3 Å². The van der Waals surface area contributed by atoms with Gasteiger partial charge in [0.1, 0.15) is 0 Å². The van der Waals surface area contributed by atoms with Crippen molar-refractivity contribution in [2.45, 2.75) is 0 Å². The van der Waals surface area contributed by atoms with E-state index in [9.17, 15) is 0 Å². The second-order valence-electron chi connectivity index (χ2n) is 2.81. The molecule has 0 unspecified atom stereocenters. The van der Waals surface area contributed by atoms with E-state index in [-0.39, 0.29) is 0 Å². The summed E-state index contributed by atoms with van der Waals surface area (Å²) in [6.45, 7) is 7.53. The molecule has 2 rings (SSSR count). The first-order valence-electron chi connectivity index (χ1n) is 3.97. The maximum absolute atomic E-state index is 3.76. The van der Waals surface area contributed by atoms with Gasteiger partial charge in [-0.25, -0.2) is 0 Å². The Bertz CT molecular complexity index is 344. The first-order chi connectivity index (χ1) is 5.86. The van der Waals surface area contributed by atoms with Gasteiger partial charge in [0.05, 0.1) is 0 Å². The fourth-order valence-electron chi connectivity index (χ4n) is 1.47. The lowest BCUT2D eigenvalue weighted by Gasteiger charge is -2.16. The zero-order chi connectivity index (χ0) is 8.55. The molecule has 0 saturated heterocycles. The van der Waals surface area contributed by atoms with Gasteiger partial charge in [-0.2, -0.15) is 0 Å². The van der Waals surface area contributed by atoms with E-state index in [2.05, 4.69) is 37.4 Å². The van der Waals surface area contributed by atoms with Gasteiger partial charge in [-0.3, -0.25) is 0 Å². The number of hydrogen-bond donors (Lipinski definition) is 0. The summed E-state index contributed by atoms with van der Waals surface area (Å²) in [5.74, 6) is 0. The van der Waals surface area contributed by atoms with E-state index >= 15 is 0 Å². The van der Waals surface area contributed by atoms with Crippen molar-refractivity contribution in [2.75, 3.05) is 0 Å². The zero-order valence-corrected chi connectivity index (χ0v) is 6.88. The van der Waals surface area contributed by atoms with Crippen LogP contribution in [0.15, 0.2) is 25.3 Å². The first kappa shape index (κ1) is 7.11. The Morgan fingerprint density at radius 3 is 1.50 bits per heavy atom. The Balaban J connectivity index is 2.66. The minimum atomic E-state index is 1.21. The van der Waals surface area contributed by atoms with Gasteiger partial charge in [0.2, 0.25) is 0 Å². The lowest BCUT2D eigenvalue weighted by Crippen LogP contribution is -1.96. The van der Waals surface area contributed by atoms with Crippen LogP contribution in [0.25, 0.3) is 24.3 Å². The smallest absolute Gasteiger partial charge is 0.0105 e. The molecular formula is C12H10. The van der Waals surface area contributed by atoms with Crippen LogP contribution < -0.4 is 0 Å². The van der Waals surface area contributed by atoms with Crippen LogP contribution in [0.2, 0.25) is 0 Å². The Morgan fingerprint density at radius 2 is 1.25 bits per heavy atom. The fourth-order valence-corrected chi connectivity index (χ4v) is 1.47. The normalized spacial score (nSPS) is 11.7. The van der Waals surface area contributed by atoms with E-state index in [4.69, 9.17) is 0 Å². The third kappa shape index (κ3) is 0.782. The molecule has 1 aromatic carbocycles. The summed E-state index contributed by atoms with van der Waals surface area (Å²) in [7, 11) is 0. The topological polar surface area (TPSA) is 0 Å². The van der Waals surface area contributed by atoms with Gasteiger partial charge in [0.15, 0.2) is 0 Å². The summed E-state index contributed by atoms with van der Waals surface area (Å²) in [6, 6.07) is 4.15. The maximum atomic E-state index is 3.76. The highest BCUT2D eigenvalue weighted by Gasteiger charge is 2.11. The zero-order valence-electron chi connectivity index (χ0n) is 6.88. The molecule has 0 aliphatic heterocycles. The fraction of sp³-hybridized carbons (Fsp3) is 0. The number of rotatable bonds is 2. The second kappa shape index (κ2) is 2.49. The molecule has 0 N–H and O–H groups in total. The summed E-state index contributed by atoms with van der Waals surface area (Å²) in [4.78, 5) is 0. The molecule has 0 heterocycles. The molecule has 0 aromatic heterocycles. The number of fused-ring (bicyclic) bond motifs is 1. The third-order valence-corrected chi connectivity index (χ3v) is 2.21. The Labute approximate surface area is 72.5 Å². The van der Waals surface area contributed by atoms with Crippen LogP contribution in [0.3, 0.4) is 0 Å². The van der Waals surface area contributed by atoms with Gasteiger partial charge < -0.3 is 0 Å². The predicted octanol–water partition coefficient (Wildman–Crippen LogP) is 3.46. The molecule has 1 aromatic rings. The molecule has 1 aliphatic rings. The molecular weight excluding hydrogens is 144 g/mol. The Kier molecular flexibility index (Phi) is 1.47. The van der Waals surface area contributed by atoms with Crippen molar-refractivity contribution in [1.29, 1.82) is 0 Å². The highest BCUT2D eigenvalue weighted by molar-refractivity contribution is 5.93. The van der Waals surface area contributed by atoms with Gasteiger partial charge in [0, 0.05) is 0 Å². The van der Waals surface area contributed by atoms with Crippen molar-refractivity contribution in [3.8, 4) is 0 Å². The Morgan fingerprint density at radius 1 is 0.833 bits per heavy atom. The third-order valence-electron chi connectivity index (χ3n) is 2.21. The standard InChI is InChI=1S/C12H10/c1-3-9-5-6-10(4-2)12-8-7-11(9)12/h3-8H,1-2H2. The minimum absolute atomic E-state index is 1.21. The van der Waals surface area contributed by atoms with Crippen LogP contribution in [0, 0.1) is 0 Å². The SMILES string of the molecule is C=Cc1ccc(C=C)c2c1C=C2. The average molecular weight is 154 g/mol. The van der Waals surface area contributed by atoms with Crippen LogP contribution in [0.5, 0.6) is 0 Å². The maximum Gasteiger partial charge on any atom is -0.0105 e. The largest absolute Gasteiger partial charge is 0.0984 e. The van der Waals surface area contributed by atoms with E-state index in [1.165, 1.54) is 22.3 Å². The van der Waals surface area contributed by atoms with E-state index in [0.29, 0.717) is 0 Å². The van der Waals surface area contributed by atoms with Crippen LogP contribution in [-0.4, -0.2) is 0 Å². The lowest BCUT2D eigenvalue weighted by atomic mass is 9.88. The summed E-state index contributed by atoms with van der Waals surface area (Å²) < 4.78 is 0. The van der Waals surface area contributed by atoms with Crippen molar-refractivity contribution in [2.24, 2.45) is 0 Å². The summed E-state index contributed by atoms with van der Waals surface area (Å²) in [6.07, 6.45) is 7.99. The van der Waals surface area contributed by atoms with Crippen LogP contribution in [-0.2, 0) is 0 Å². The molecule has 0 atom stereocenters. The molecule has 12 heavy (non-hydrogen) atoms. The Hall–Kier alpha value is -1.56. The van der Waals surface area contributed by atoms with Crippen molar-refractivity contribution in [3.63, 3.8) is 0 Å². The van der Waals surface area contributed by atoms with Gasteiger partial charge in [0.25, 0.3) is 0 Å². The molecule has 0 amide bonds. The molecule has 1 aliphatic carbocycles. The van der Waals surface area contributed by atoms with Crippen molar-refractivity contribution < 1.29 is 0 Å². The van der Waals surface area contributed by atoms with Gasteiger partial charge in [-0.1, -0.05) is 49.6 Å². The molecule has 0 nitrogen and oxygen atoms in total. The number of benzene rings is 1. The van der Waals surface area contributed by atoms with Gasteiger partial charge in [-0.05, 0) is 22.3 Å². The van der Waals surface area contributed by atoms with Gasteiger partial charge in [-0.15, -0.1) is 0 Å². The van der Waals surface area contributed by atoms with E-state index in [0.717, 1.165) is 0 Å². The van der Waals surface area contributed by atoms with Crippen LogP contribution >= 0.6 is 0 Å². The summed E-state index contributed by atoms with van der Waals surface area (Å²) in [5, 5.41) is 0. The summed E-state index contributed by atoms with van der Waals surface area (Å²) in [5.41, 5.74) is 5.00. The van der Waals surface area contributed by atoms with Crippen LogP contribution in [0.1, 0.15) is 22.3 Å². The number of hydrogen-bond acceptors (Lipinski definition) is 0. The van der Waals surface area contributed by atoms with Crippen molar-refractivity contribution in [3.05, 3.63) is 47.5 Å². The molecule has 58 valence electrons. The van der Waals surface area contributed by atoms with E-state index in [1.54, 1.807) is 0 Å². The van der Waals surface area contributed by atoms with Crippen LogP contribution in [0.4, 0.5) is 0 Å². The molecule has 0 spiro atoms. The van der Waals surface area contributed by atoms with E-state index < -0.39 is 0 Å². The minimum Gasteiger partial charge on any atom is -0.0984 e. The predicted molar refractivity (Wildman–Crippen MR) is 55.6 cm³/mol. The summed E-state index contributed by atoms with van der Waals surface area (Å²) >= 11 is 0. The first-order valence-corrected chi connectivity index (χ1v) is 3.97.